The molecule has 90 valence electrons. The van der Waals surface area contributed by atoms with Crippen LogP contribution in [0.3, 0.4) is 0 Å². The summed E-state index contributed by atoms with van der Waals surface area (Å²) in [5.41, 5.74) is 1.20. The van der Waals surface area contributed by atoms with Crippen LogP contribution in [0.5, 0.6) is 5.75 Å². The molecule has 1 rings (SSSR count). The number of para-hydroxylation sites is 1. The van der Waals surface area contributed by atoms with Crippen LogP contribution in [0, 0.1) is 0 Å². The predicted octanol–water partition coefficient (Wildman–Crippen LogP) is 3.74. The van der Waals surface area contributed by atoms with E-state index in [4.69, 9.17) is 4.74 Å². The first-order chi connectivity index (χ1) is 7.79. The summed E-state index contributed by atoms with van der Waals surface area (Å²) in [7, 11) is 1.95. The smallest absolute Gasteiger partial charge is 0.137 e. The van der Waals surface area contributed by atoms with Gasteiger partial charge in [0.1, 0.15) is 5.75 Å². The highest BCUT2D eigenvalue weighted by Gasteiger charge is 2.06. The zero-order valence-corrected chi connectivity index (χ0v) is 11.6. The third-order valence-corrected chi connectivity index (χ3v) is 3.03. The van der Waals surface area contributed by atoms with Crippen LogP contribution in [0.1, 0.15) is 31.7 Å². The summed E-state index contributed by atoms with van der Waals surface area (Å²) in [5, 5.41) is 3.15. The second-order valence-electron chi connectivity index (χ2n) is 3.81. The van der Waals surface area contributed by atoms with Crippen molar-refractivity contribution in [3.8, 4) is 5.75 Å². The number of hydrogen-bond donors (Lipinski definition) is 1. The summed E-state index contributed by atoms with van der Waals surface area (Å²) in [6, 6.07) is 6.15. The quantitative estimate of drug-likeness (QED) is 0.771. The summed E-state index contributed by atoms with van der Waals surface area (Å²) in [5.74, 6) is 0.980. The van der Waals surface area contributed by atoms with E-state index in [9.17, 15) is 0 Å². The highest BCUT2D eigenvalue weighted by atomic mass is 79.9. The molecule has 1 N–H and O–H groups in total. The summed E-state index contributed by atoms with van der Waals surface area (Å²) in [6.07, 6.45) is 3.57. The number of unbranched alkanes of at least 4 members (excludes halogenated alkanes) is 2. The van der Waals surface area contributed by atoms with Gasteiger partial charge in [-0.3, -0.25) is 0 Å². The van der Waals surface area contributed by atoms with Crippen LogP contribution < -0.4 is 10.1 Å². The number of ether oxygens (including phenoxy) is 1. The molecule has 0 unspecified atom stereocenters. The Morgan fingerprint density at radius 3 is 2.81 bits per heavy atom. The third-order valence-electron chi connectivity index (χ3n) is 2.41. The Bertz CT molecular complexity index is 315. The van der Waals surface area contributed by atoms with E-state index in [1.807, 2.05) is 19.2 Å². The molecule has 0 aliphatic heterocycles. The molecule has 0 atom stereocenters. The van der Waals surface area contributed by atoms with Gasteiger partial charge in [0, 0.05) is 12.1 Å². The van der Waals surface area contributed by atoms with Crippen LogP contribution in [-0.2, 0) is 6.54 Å². The highest BCUT2D eigenvalue weighted by Crippen LogP contribution is 2.29. The van der Waals surface area contributed by atoms with Crippen LogP contribution in [0.25, 0.3) is 0 Å². The Hall–Kier alpha value is -0.540. The molecule has 1 aromatic carbocycles. The van der Waals surface area contributed by atoms with E-state index in [-0.39, 0.29) is 0 Å². The number of rotatable bonds is 7. The van der Waals surface area contributed by atoms with Gasteiger partial charge in [-0.1, -0.05) is 31.9 Å². The van der Waals surface area contributed by atoms with E-state index in [0.717, 1.165) is 29.8 Å². The average molecular weight is 286 g/mol. The molecule has 0 saturated heterocycles. The van der Waals surface area contributed by atoms with Crippen LogP contribution in [0.2, 0.25) is 0 Å². The van der Waals surface area contributed by atoms with Gasteiger partial charge < -0.3 is 10.1 Å². The average Bonchev–Trinajstić information content (AvgIpc) is 2.28. The third kappa shape index (κ3) is 4.14. The van der Waals surface area contributed by atoms with Gasteiger partial charge >= 0.3 is 0 Å². The fourth-order valence-corrected chi connectivity index (χ4v) is 2.09. The van der Waals surface area contributed by atoms with Gasteiger partial charge in [0.15, 0.2) is 0 Å². The lowest BCUT2D eigenvalue weighted by atomic mass is 10.2. The monoisotopic (exact) mass is 285 g/mol. The zero-order chi connectivity index (χ0) is 11.8. The zero-order valence-electron chi connectivity index (χ0n) is 10.1. The summed E-state index contributed by atoms with van der Waals surface area (Å²) in [6.45, 7) is 3.83. The van der Waals surface area contributed by atoms with Gasteiger partial charge in [-0.05, 0) is 35.5 Å². The highest BCUT2D eigenvalue weighted by molar-refractivity contribution is 9.10. The minimum absolute atomic E-state index is 0.799. The fraction of sp³-hybridized carbons (Fsp3) is 0.538. The van der Waals surface area contributed by atoms with Crippen molar-refractivity contribution in [3.05, 3.63) is 28.2 Å². The van der Waals surface area contributed by atoms with Gasteiger partial charge in [0.25, 0.3) is 0 Å². The first kappa shape index (κ1) is 13.5. The van der Waals surface area contributed by atoms with Crippen molar-refractivity contribution < 1.29 is 4.74 Å². The molecule has 0 amide bonds. The van der Waals surface area contributed by atoms with Crippen LogP contribution >= 0.6 is 15.9 Å². The standard InChI is InChI=1S/C13H20BrNO/c1-3-4-5-9-16-13-11(10-15-2)7-6-8-12(13)14/h6-8,15H,3-5,9-10H2,1-2H3. The molecular formula is C13H20BrNO. The lowest BCUT2D eigenvalue weighted by Gasteiger charge is -2.12. The first-order valence-electron chi connectivity index (χ1n) is 5.84. The lowest BCUT2D eigenvalue weighted by molar-refractivity contribution is 0.301. The van der Waals surface area contributed by atoms with Gasteiger partial charge in [0.05, 0.1) is 11.1 Å². The Morgan fingerprint density at radius 1 is 1.31 bits per heavy atom. The van der Waals surface area contributed by atoms with E-state index < -0.39 is 0 Å². The van der Waals surface area contributed by atoms with E-state index in [0.29, 0.717) is 0 Å². The Labute approximate surface area is 107 Å². The maximum atomic E-state index is 5.84. The fourth-order valence-electron chi connectivity index (χ4n) is 1.57. The lowest BCUT2D eigenvalue weighted by Crippen LogP contribution is -2.08. The molecule has 0 bridgehead atoms. The van der Waals surface area contributed by atoms with Crippen LogP contribution in [0.4, 0.5) is 0 Å². The molecule has 0 saturated carbocycles. The van der Waals surface area contributed by atoms with Crippen molar-refractivity contribution in [2.75, 3.05) is 13.7 Å². The summed E-state index contributed by atoms with van der Waals surface area (Å²) in [4.78, 5) is 0. The molecule has 1 aromatic rings. The van der Waals surface area contributed by atoms with Crippen molar-refractivity contribution in [1.29, 1.82) is 0 Å². The minimum Gasteiger partial charge on any atom is -0.492 e. The maximum absolute atomic E-state index is 5.84. The van der Waals surface area contributed by atoms with E-state index in [1.54, 1.807) is 0 Å². The van der Waals surface area contributed by atoms with Gasteiger partial charge in [0.2, 0.25) is 0 Å². The topological polar surface area (TPSA) is 21.3 Å². The van der Waals surface area contributed by atoms with E-state index >= 15 is 0 Å². The van der Waals surface area contributed by atoms with Crippen molar-refractivity contribution in [3.63, 3.8) is 0 Å². The Balaban J connectivity index is 2.61. The van der Waals surface area contributed by atoms with Gasteiger partial charge in [-0.15, -0.1) is 0 Å². The molecule has 0 radical (unpaired) electrons. The number of halogens is 1. The maximum Gasteiger partial charge on any atom is 0.137 e. The van der Waals surface area contributed by atoms with Crippen molar-refractivity contribution in [2.45, 2.75) is 32.7 Å². The molecule has 2 nitrogen and oxygen atoms in total. The van der Waals surface area contributed by atoms with Gasteiger partial charge in [-0.25, -0.2) is 0 Å². The van der Waals surface area contributed by atoms with Crippen LogP contribution in [-0.4, -0.2) is 13.7 Å². The van der Waals surface area contributed by atoms with Gasteiger partial charge in [-0.2, -0.15) is 0 Å². The summed E-state index contributed by atoms with van der Waals surface area (Å²) >= 11 is 3.53. The predicted molar refractivity (Wildman–Crippen MR) is 71.9 cm³/mol. The normalized spacial score (nSPS) is 10.4. The second-order valence-corrected chi connectivity index (χ2v) is 4.67. The molecule has 0 aromatic heterocycles. The largest absolute Gasteiger partial charge is 0.492 e. The molecule has 0 aliphatic rings. The molecule has 0 heterocycles. The molecule has 0 fully saturated rings. The number of hydrogen-bond acceptors (Lipinski definition) is 2. The van der Waals surface area contributed by atoms with E-state index in [2.05, 4.69) is 34.2 Å². The molecule has 0 spiro atoms. The molecule has 0 aliphatic carbocycles. The van der Waals surface area contributed by atoms with Crippen molar-refractivity contribution in [2.24, 2.45) is 0 Å². The minimum atomic E-state index is 0.799. The first-order valence-corrected chi connectivity index (χ1v) is 6.63. The molecule has 16 heavy (non-hydrogen) atoms. The van der Waals surface area contributed by atoms with Crippen molar-refractivity contribution in [1.82, 2.24) is 5.32 Å². The Morgan fingerprint density at radius 2 is 2.12 bits per heavy atom. The van der Waals surface area contributed by atoms with E-state index in [1.165, 1.54) is 18.4 Å². The molecule has 3 heteroatoms. The number of benzene rings is 1. The van der Waals surface area contributed by atoms with Crippen molar-refractivity contribution >= 4 is 15.9 Å². The number of nitrogens with one attached hydrogen (secondary N) is 1. The van der Waals surface area contributed by atoms with Crippen LogP contribution in [0.15, 0.2) is 22.7 Å². The molecular weight excluding hydrogens is 266 g/mol. The summed E-state index contributed by atoms with van der Waals surface area (Å²) < 4.78 is 6.87. The second kappa shape index (κ2) is 7.69. The SMILES string of the molecule is CCCCCOc1c(Br)cccc1CNC. The Kier molecular flexibility index (Phi) is 6.50.